The second-order valence-electron chi connectivity index (χ2n) is 7.14. The van der Waals surface area contributed by atoms with E-state index < -0.39 is 5.60 Å². The van der Waals surface area contributed by atoms with E-state index in [1.54, 1.807) is 14.2 Å². The van der Waals surface area contributed by atoms with Crippen molar-refractivity contribution in [1.29, 1.82) is 0 Å². The largest absolute Gasteiger partial charge is 0.496 e. The maximum Gasteiger partial charge on any atom is 0.306 e. The van der Waals surface area contributed by atoms with Crippen molar-refractivity contribution in [3.8, 4) is 11.5 Å². The van der Waals surface area contributed by atoms with Crippen molar-refractivity contribution in [2.45, 2.75) is 39.3 Å². The van der Waals surface area contributed by atoms with Crippen molar-refractivity contribution < 1.29 is 19.0 Å². The summed E-state index contributed by atoms with van der Waals surface area (Å²) in [6.07, 6.45) is 0.475. The fourth-order valence-electron chi connectivity index (χ4n) is 2.89. The number of carbonyl (C=O) groups is 1. The van der Waals surface area contributed by atoms with E-state index in [4.69, 9.17) is 14.2 Å². The molecule has 2 rings (SSSR count). The number of benzene rings is 1. The molecular formula is C18H26BrNO4. The summed E-state index contributed by atoms with van der Waals surface area (Å²) < 4.78 is 17.3. The molecule has 0 aromatic heterocycles. The van der Waals surface area contributed by atoms with Crippen LogP contribution in [0.15, 0.2) is 16.6 Å². The maximum atomic E-state index is 11.9. The van der Waals surface area contributed by atoms with E-state index in [0.29, 0.717) is 12.3 Å². The van der Waals surface area contributed by atoms with Gasteiger partial charge in [-0.1, -0.05) is 15.9 Å². The molecule has 134 valence electrons. The average molecular weight is 400 g/mol. The molecule has 0 atom stereocenters. The van der Waals surface area contributed by atoms with E-state index in [9.17, 15) is 4.79 Å². The van der Waals surface area contributed by atoms with Gasteiger partial charge in [0.15, 0.2) is 0 Å². The Kier molecular flexibility index (Phi) is 6.15. The van der Waals surface area contributed by atoms with Gasteiger partial charge in [-0.2, -0.15) is 0 Å². The van der Waals surface area contributed by atoms with Crippen molar-refractivity contribution in [3.63, 3.8) is 0 Å². The van der Waals surface area contributed by atoms with Crippen molar-refractivity contribution in [1.82, 2.24) is 4.90 Å². The van der Waals surface area contributed by atoms with Crippen molar-refractivity contribution >= 4 is 21.9 Å². The van der Waals surface area contributed by atoms with Crippen LogP contribution in [0.2, 0.25) is 0 Å². The third-order valence-corrected chi connectivity index (χ3v) is 4.32. The van der Waals surface area contributed by atoms with Gasteiger partial charge in [0, 0.05) is 24.1 Å². The lowest BCUT2D eigenvalue weighted by molar-refractivity contribution is -0.157. The number of carbonyl (C=O) groups excluding carboxylic acids is 1. The first-order valence-corrected chi connectivity index (χ1v) is 8.85. The molecule has 0 aliphatic carbocycles. The van der Waals surface area contributed by atoms with Gasteiger partial charge < -0.3 is 14.2 Å². The number of halogens is 1. The van der Waals surface area contributed by atoms with Crippen LogP contribution in [0.1, 0.15) is 32.8 Å². The number of esters is 1. The van der Waals surface area contributed by atoms with E-state index >= 15 is 0 Å². The zero-order valence-electron chi connectivity index (χ0n) is 15.0. The Morgan fingerprint density at radius 3 is 2.21 bits per heavy atom. The summed E-state index contributed by atoms with van der Waals surface area (Å²) in [7, 11) is 3.32. The molecule has 0 N–H and O–H groups in total. The van der Waals surface area contributed by atoms with Crippen LogP contribution in [0.5, 0.6) is 11.5 Å². The molecule has 5 nitrogen and oxygen atoms in total. The summed E-state index contributed by atoms with van der Waals surface area (Å²) in [5, 5.41) is 0. The standard InChI is InChI=1S/C18H26BrNO4/c1-18(2,3)24-17(21)6-12-9-20(10-12)11-14-15(22-4)7-13(19)8-16(14)23-5/h7-8,12H,6,9-11H2,1-5H3. The highest BCUT2D eigenvalue weighted by Gasteiger charge is 2.31. The Labute approximate surface area is 152 Å². The Hall–Kier alpha value is -1.27. The van der Waals surface area contributed by atoms with Crippen LogP contribution < -0.4 is 9.47 Å². The summed E-state index contributed by atoms with van der Waals surface area (Å²) in [5.41, 5.74) is 0.609. The second kappa shape index (κ2) is 7.74. The molecule has 1 heterocycles. The monoisotopic (exact) mass is 399 g/mol. The Morgan fingerprint density at radius 2 is 1.75 bits per heavy atom. The quantitative estimate of drug-likeness (QED) is 0.683. The van der Waals surface area contributed by atoms with Crippen LogP contribution in [0, 0.1) is 5.92 Å². The van der Waals surface area contributed by atoms with Gasteiger partial charge >= 0.3 is 5.97 Å². The van der Waals surface area contributed by atoms with Gasteiger partial charge in [0.05, 0.1) is 26.2 Å². The first-order chi connectivity index (χ1) is 11.2. The summed E-state index contributed by atoms with van der Waals surface area (Å²) in [6.45, 7) is 8.17. The van der Waals surface area contributed by atoms with E-state index in [0.717, 1.165) is 41.2 Å². The molecule has 0 bridgehead atoms. The molecule has 0 saturated carbocycles. The van der Waals surface area contributed by atoms with E-state index in [2.05, 4.69) is 20.8 Å². The molecule has 1 fully saturated rings. The number of hydrogen-bond acceptors (Lipinski definition) is 5. The van der Waals surface area contributed by atoms with Gasteiger partial charge in [0.1, 0.15) is 17.1 Å². The Morgan fingerprint density at radius 1 is 1.21 bits per heavy atom. The minimum atomic E-state index is -0.418. The third-order valence-electron chi connectivity index (χ3n) is 3.86. The predicted molar refractivity (Wildman–Crippen MR) is 96.5 cm³/mol. The fourth-order valence-corrected chi connectivity index (χ4v) is 3.30. The lowest BCUT2D eigenvalue weighted by atomic mass is 9.95. The summed E-state index contributed by atoms with van der Waals surface area (Å²) in [4.78, 5) is 14.2. The van der Waals surface area contributed by atoms with Gasteiger partial charge in [-0.3, -0.25) is 9.69 Å². The van der Waals surface area contributed by atoms with Gasteiger partial charge in [0.2, 0.25) is 0 Å². The number of methoxy groups -OCH3 is 2. The SMILES string of the molecule is COc1cc(Br)cc(OC)c1CN1CC(CC(=O)OC(C)(C)C)C1. The van der Waals surface area contributed by atoms with E-state index in [1.807, 2.05) is 32.9 Å². The van der Waals surface area contributed by atoms with Crippen LogP contribution in [0.25, 0.3) is 0 Å². The van der Waals surface area contributed by atoms with Crippen LogP contribution in [0.3, 0.4) is 0 Å². The van der Waals surface area contributed by atoms with Gasteiger partial charge in [-0.15, -0.1) is 0 Å². The molecule has 24 heavy (non-hydrogen) atoms. The number of likely N-dealkylation sites (tertiary alicyclic amines) is 1. The van der Waals surface area contributed by atoms with Gasteiger partial charge in [-0.05, 0) is 38.8 Å². The fraction of sp³-hybridized carbons (Fsp3) is 0.611. The molecule has 0 amide bonds. The Bertz CT molecular complexity index is 566. The molecule has 1 aliphatic heterocycles. The second-order valence-corrected chi connectivity index (χ2v) is 8.06. The Balaban J connectivity index is 1.91. The van der Waals surface area contributed by atoms with Crippen LogP contribution in [-0.4, -0.2) is 43.8 Å². The topological polar surface area (TPSA) is 48.0 Å². The van der Waals surface area contributed by atoms with E-state index in [-0.39, 0.29) is 5.97 Å². The van der Waals surface area contributed by atoms with Crippen molar-refractivity contribution in [2.24, 2.45) is 5.92 Å². The highest BCUT2D eigenvalue weighted by Crippen LogP contribution is 2.35. The molecule has 1 aromatic rings. The third kappa shape index (κ3) is 5.11. The molecular weight excluding hydrogens is 374 g/mol. The van der Waals surface area contributed by atoms with Crippen LogP contribution >= 0.6 is 15.9 Å². The first-order valence-electron chi connectivity index (χ1n) is 8.06. The molecule has 1 aromatic carbocycles. The summed E-state index contributed by atoms with van der Waals surface area (Å²) in [6, 6.07) is 3.88. The number of rotatable bonds is 6. The van der Waals surface area contributed by atoms with Crippen molar-refractivity contribution in [3.05, 3.63) is 22.2 Å². The summed E-state index contributed by atoms with van der Waals surface area (Å²) >= 11 is 3.46. The highest BCUT2D eigenvalue weighted by atomic mass is 79.9. The number of ether oxygens (including phenoxy) is 3. The minimum absolute atomic E-state index is 0.119. The van der Waals surface area contributed by atoms with Crippen LogP contribution in [0.4, 0.5) is 0 Å². The zero-order valence-corrected chi connectivity index (χ0v) is 16.6. The maximum absolute atomic E-state index is 11.9. The average Bonchev–Trinajstić information content (AvgIpc) is 2.43. The lowest BCUT2D eigenvalue weighted by Crippen LogP contribution is -2.47. The molecule has 1 aliphatic rings. The van der Waals surface area contributed by atoms with E-state index in [1.165, 1.54) is 0 Å². The minimum Gasteiger partial charge on any atom is -0.496 e. The molecule has 0 unspecified atom stereocenters. The first kappa shape index (κ1) is 19.1. The summed E-state index contributed by atoms with van der Waals surface area (Å²) in [5.74, 6) is 1.84. The van der Waals surface area contributed by atoms with Gasteiger partial charge in [-0.25, -0.2) is 0 Å². The number of nitrogens with zero attached hydrogens (tertiary/aromatic N) is 1. The van der Waals surface area contributed by atoms with Gasteiger partial charge in [0.25, 0.3) is 0 Å². The molecule has 0 radical (unpaired) electrons. The highest BCUT2D eigenvalue weighted by molar-refractivity contribution is 9.10. The smallest absolute Gasteiger partial charge is 0.306 e. The lowest BCUT2D eigenvalue weighted by Gasteiger charge is -2.39. The molecule has 1 saturated heterocycles. The predicted octanol–water partition coefficient (Wildman–Crippen LogP) is 3.63. The van der Waals surface area contributed by atoms with Crippen LogP contribution in [-0.2, 0) is 16.1 Å². The van der Waals surface area contributed by atoms with Crippen molar-refractivity contribution in [2.75, 3.05) is 27.3 Å². The number of hydrogen-bond donors (Lipinski definition) is 0. The zero-order chi connectivity index (χ0) is 17.9. The molecule has 0 spiro atoms. The molecule has 6 heteroatoms. The normalized spacial score (nSPS) is 15.8.